The Balaban J connectivity index is 1.32. The lowest BCUT2D eigenvalue weighted by atomic mass is 9.87. The van der Waals surface area contributed by atoms with Gasteiger partial charge in [0.25, 0.3) is 0 Å². The van der Waals surface area contributed by atoms with Gasteiger partial charge in [0.05, 0.1) is 23.3 Å². The highest BCUT2D eigenvalue weighted by atomic mass is 16.3. The number of benzene rings is 7. The first-order chi connectivity index (χ1) is 23.7. The first-order valence-corrected chi connectivity index (χ1v) is 15.7. The van der Waals surface area contributed by atoms with Gasteiger partial charge in [0.2, 0.25) is 0 Å². The number of hydrogen-bond acceptors (Lipinski definition) is 4. The number of para-hydroxylation sites is 2. The Morgan fingerprint density at radius 3 is 1.54 bits per heavy atom. The van der Waals surface area contributed by atoms with Crippen LogP contribution in [0.3, 0.4) is 0 Å². The van der Waals surface area contributed by atoms with Crippen LogP contribution in [0.4, 0.5) is 0 Å². The molecule has 0 fully saturated rings. The Kier molecular flexibility index (Phi) is 6.22. The molecular formula is C44H24N2O2. The Morgan fingerprint density at radius 2 is 0.938 bits per heavy atom. The summed E-state index contributed by atoms with van der Waals surface area (Å²) in [5, 5.41) is 24.3. The van der Waals surface area contributed by atoms with E-state index in [1.54, 1.807) is 6.07 Å². The fourth-order valence-corrected chi connectivity index (χ4v) is 6.87. The molecule has 0 unspecified atom stereocenters. The summed E-state index contributed by atoms with van der Waals surface area (Å²) in [7, 11) is 0. The van der Waals surface area contributed by atoms with Gasteiger partial charge in [-0.05, 0) is 112 Å². The van der Waals surface area contributed by atoms with Crippen molar-refractivity contribution in [1.29, 1.82) is 10.5 Å². The van der Waals surface area contributed by atoms with E-state index in [1.807, 2.05) is 84.9 Å². The molecule has 222 valence electrons. The normalized spacial score (nSPS) is 11.3. The first kappa shape index (κ1) is 27.4. The lowest BCUT2D eigenvalue weighted by Gasteiger charge is -2.16. The molecule has 0 amide bonds. The zero-order valence-corrected chi connectivity index (χ0v) is 25.6. The average molecular weight is 613 g/mol. The van der Waals surface area contributed by atoms with Gasteiger partial charge in [-0.25, -0.2) is 0 Å². The van der Waals surface area contributed by atoms with Crippen molar-refractivity contribution in [3.05, 3.63) is 157 Å². The molecule has 0 spiro atoms. The lowest BCUT2D eigenvalue weighted by Crippen LogP contribution is -1.93. The van der Waals surface area contributed by atoms with Gasteiger partial charge in [0.1, 0.15) is 22.3 Å². The molecule has 9 rings (SSSR count). The standard InChI is InChI=1S/C44H24N2O2/c45-25-27-7-5-8-30(19-27)35-12-6-9-31(26-46)44(35)34-21-32(28-15-17-42-38(23-28)36-10-1-3-13-40(36)47-42)20-33(22-34)29-16-18-43-39(24-29)37-11-2-4-14-41(37)48-43/h1-24H. The predicted octanol–water partition coefficient (Wildman–Crippen LogP) is 11.9. The predicted molar refractivity (Wildman–Crippen MR) is 192 cm³/mol. The fourth-order valence-electron chi connectivity index (χ4n) is 6.87. The van der Waals surface area contributed by atoms with Crippen LogP contribution in [0.15, 0.2) is 154 Å². The van der Waals surface area contributed by atoms with Gasteiger partial charge in [-0.3, -0.25) is 0 Å². The summed E-state index contributed by atoms with van der Waals surface area (Å²) in [6.07, 6.45) is 0. The molecule has 4 nitrogen and oxygen atoms in total. The molecule has 0 aliphatic heterocycles. The summed E-state index contributed by atoms with van der Waals surface area (Å²) in [6, 6.07) is 53.3. The van der Waals surface area contributed by atoms with Gasteiger partial charge in [0, 0.05) is 27.1 Å². The average Bonchev–Trinajstić information content (AvgIpc) is 3.72. The topological polar surface area (TPSA) is 73.9 Å². The highest BCUT2D eigenvalue weighted by Gasteiger charge is 2.17. The summed E-state index contributed by atoms with van der Waals surface area (Å²) in [6.45, 7) is 0. The summed E-state index contributed by atoms with van der Waals surface area (Å²) in [5.74, 6) is 0. The van der Waals surface area contributed by atoms with Crippen LogP contribution in [0.25, 0.3) is 88.4 Å². The third-order valence-corrected chi connectivity index (χ3v) is 9.13. The second kappa shape index (κ2) is 10.9. The van der Waals surface area contributed by atoms with Crippen molar-refractivity contribution in [3.63, 3.8) is 0 Å². The van der Waals surface area contributed by atoms with Crippen molar-refractivity contribution in [2.45, 2.75) is 0 Å². The Morgan fingerprint density at radius 1 is 0.375 bits per heavy atom. The monoisotopic (exact) mass is 612 g/mol. The summed E-state index contributed by atoms with van der Waals surface area (Å²) in [4.78, 5) is 0. The van der Waals surface area contributed by atoms with E-state index in [4.69, 9.17) is 8.83 Å². The number of hydrogen-bond donors (Lipinski definition) is 0. The molecule has 0 saturated carbocycles. The summed E-state index contributed by atoms with van der Waals surface area (Å²) in [5.41, 5.74) is 12.1. The van der Waals surface area contributed by atoms with Gasteiger partial charge in [-0.1, -0.05) is 72.8 Å². The third-order valence-electron chi connectivity index (χ3n) is 9.13. The van der Waals surface area contributed by atoms with E-state index in [9.17, 15) is 10.5 Å². The van der Waals surface area contributed by atoms with Gasteiger partial charge in [0.15, 0.2) is 0 Å². The van der Waals surface area contributed by atoms with Gasteiger partial charge >= 0.3 is 0 Å². The molecule has 0 bridgehead atoms. The van der Waals surface area contributed by atoms with E-state index in [2.05, 4.69) is 66.7 Å². The molecule has 0 saturated heterocycles. The molecule has 48 heavy (non-hydrogen) atoms. The van der Waals surface area contributed by atoms with Crippen LogP contribution < -0.4 is 0 Å². The Hall–Kier alpha value is -6.88. The van der Waals surface area contributed by atoms with Crippen LogP contribution in [0.5, 0.6) is 0 Å². The maximum Gasteiger partial charge on any atom is 0.135 e. The van der Waals surface area contributed by atoms with E-state index >= 15 is 0 Å². The largest absolute Gasteiger partial charge is 0.456 e. The molecule has 0 N–H and O–H groups in total. The molecule has 0 atom stereocenters. The Bertz CT molecular complexity index is 2690. The minimum atomic E-state index is 0.561. The van der Waals surface area contributed by atoms with Crippen LogP contribution in [0.2, 0.25) is 0 Å². The number of nitrogens with zero attached hydrogens (tertiary/aromatic N) is 2. The van der Waals surface area contributed by atoms with Crippen molar-refractivity contribution in [2.75, 3.05) is 0 Å². The quantitative estimate of drug-likeness (QED) is 0.198. The highest BCUT2D eigenvalue weighted by Crippen LogP contribution is 2.41. The van der Waals surface area contributed by atoms with Crippen LogP contribution in [-0.2, 0) is 0 Å². The molecule has 4 heteroatoms. The number of furan rings is 2. The molecule has 0 radical (unpaired) electrons. The zero-order valence-electron chi connectivity index (χ0n) is 25.6. The maximum absolute atomic E-state index is 10.4. The minimum Gasteiger partial charge on any atom is -0.456 e. The van der Waals surface area contributed by atoms with Crippen LogP contribution in [0.1, 0.15) is 11.1 Å². The SMILES string of the molecule is N#Cc1cccc(-c2cccc(C#N)c2-c2cc(-c3ccc4oc5ccccc5c4c3)cc(-c3ccc4oc5ccccc5c4c3)c2)c1. The second-order valence-electron chi connectivity index (χ2n) is 11.9. The van der Waals surface area contributed by atoms with Crippen molar-refractivity contribution in [1.82, 2.24) is 0 Å². The van der Waals surface area contributed by atoms with Crippen molar-refractivity contribution >= 4 is 43.9 Å². The number of fused-ring (bicyclic) bond motifs is 6. The van der Waals surface area contributed by atoms with Crippen molar-refractivity contribution in [2.24, 2.45) is 0 Å². The fraction of sp³-hybridized carbons (Fsp3) is 0. The van der Waals surface area contributed by atoms with Crippen molar-refractivity contribution in [3.8, 4) is 56.6 Å². The van der Waals surface area contributed by atoms with E-state index in [0.717, 1.165) is 88.4 Å². The van der Waals surface area contributed by atoms with Crippen LogP contribution in [-0.4, -0.2) is 0 Å². The van der Waals surface area contributed by atoms with E-state index in [1.165, 1.54) is 0 Å². The molecule has 0 aliphatic rings. The smallest absolute Gasteiger partial charge is 0.135 e. The Labute approximate surface area is 275 Å². The van der Waals surface area contributed by atoms with Gasteiger partial charge in [-0.15, -0.1) is 0 Å². The minimum absolute atomic E-state index is 0.561. The molecule has 2 heterocycles. The summed E-state index contributed by atoms with van der Waals surface area (Å²) >= 11 is 0. The van der Waals surface area contributed by atoms with E-state index in [-0.39, 0.29) is 0 Å². The second-order valence-corrected chi connectivity index (χ2v) is 11.9. The summed E-state index contributed by atoms with van der Waals surface area (Å²) < 4.78 is 12.3. The van der Waals surface area contributed by atoms with Crippen molar-refractivity contribution < 1.29 is 8.83 Å². The van der Waals surface area contributed by atoms with Gasteiger partial charge in [-0.2, -0.15) is 10.5 Å². The number of rotatable bonds is 4. The van der Waals surface area contributed by atoms with Crippen LogP contribution in [0, 0.1) is 22.7 Å². The van der Waals surface area contributed by atoms with Crippen LogP contribution >= 0.6 is 0 Å². The van der Waals surface area contributed by atoms with E-state index in [0.29, 0.717) is 11.1 Å². The number of nitriles is 2. The lowest BCUT2D eigenvalue weighted by molar-refractivity contribution is 0.668. The highest BCUT2D eigenvalue weighted by molar-refractivity contribution is 6.08. The maximum atomic E-state index is 10.4. The van der Waals surface area contributed by atoms with Gasteiger partial charge < -0.3 is 8.83 Å². The van der Waals surface area contributed by atoms with E-state index < -0.39 is 0 Å². The molecular weight excluding hydrogens is 588 g/mol. The molecule has 2 aromatic heterocycles. The third kappa shape index (κ3) is 4.44. The first-order valence-electron chi connectivity index (χ1n) is 15.7. The zero-order chi connectivity index (χ0) is 32.2. The molecule has 9 aromatic rings. The molecule has 0 aliphatic carbocycles. The molecule has 7 aromatic carbocycles.